The average molecular weight is 139 g/mol. The van der Waals surface area contributed by atoms with Gasteiger partial charge in [0.15, 0.2) is 0 Å². The molecule has 0 saturated heterocycles. The monoisotopic (exact) mass is 139 g/mol. The number of allylic oxidation sites excluding steroid dienone is 1. The minimum atomic E-state index is 0.395. The van der Waals surface area contributed by atoms with E-state index in [-0.39, 0.29) is 0 Å². The lowest BCUT2D eigenvalue weighted by molar-refractivity contribution is 0.401. The third-order valence-electron chi connectivity index (χ3n) is 2.19. The summed E-state index contributed by atoms with van der Waals surface area (Å²) < 4.78 is 0. The Labute approximate surface area is 61.3 Å². The zero-order valence-electron chi connectivity index (χ0n) is 6.18. The first-order chi connectivity index (χ1) is 4.84. The summed E-state index contributed by atoms with van der Waals surface area (Å²) in [5.74, 6) is 0.395. The highest BCUT2D eigenvalue weighted by molar-refractivity contribution is 4.98. The minimum absolute atomic E-state index is 0.395. The lowest BCUT2D eigenvalue weighted by atomic mass is 9.88. The van der Waals surface area contributed by atoms with Gasteiger partial charge in [-0.3, -0.25) is 0 Å². The minimum Gasteiger partial charge on any atom is -0.145 e. The maximum absolute atomic E-state index is 10.1. The molecule has 0 N–H and O–H groups in total. The number of nitroso groups, excluding NO2 is 1. The maximum atomic E-state index is 10.1. The Hall–Kier alpha value is -0.660. The highest BCUT2D eigenvalue weighted by Crippen LogP contribution is 2.28. The second-order valence-electron chi connectivity index (χ2n) is 2.92. The standard InChI is InChI=1S/C8H13NO/c1-7(9-10)8-5-3-2-4-6-8/h8H,1-6H2. The fourth-order valence-corrected chi connectivity index (χ4v) is 1.51. The molecule has 1 rings (SSSR count). The van der Waals surface area contributed by atoms with Crippen LogP contribution in [0.4, 0.5) is 0 Å². The largest absolute Gasteiger partial charge is 0.145 e. The number of rotatable bonds is 2. The predicted molar refractivity (Wildman–Crippen MR) is 41.5 cm³/mol. The van der Waals surface area contributed by atoms with E-state index in [1.54, 1.807) is 0 Å². The third-order valence-corrected chi connectivity index (χ3v) is 2.19. The summed E-state index contributed by atoms with van der Waals surface area (Å²) in [5.41, 5.74) is 0.555. The van der Waals surface area contributed by atoms with Gasteiger partial charge in [-0.15, -0.1) is 4.91 Å². The smallest absolute Gasteiger partial charge is 0.0808 e. The summed E-state index contributed by atoms with van der Waals surface area (Å²) in [4.78, 5) is 10.1. The third kappa shape index (κ3) is 1.66. The van der Waals surface area contributed by atoms with Crippen LogP contribution in [-0.4, -0.2) is 0 Å². The first-order valence-electron chi connectivity index (χ1n) is 3.86. The van der Waals surface area contributed by atoms with Crippen molar-refractivity contribution >= 4 is 0 Å². The molecular formula is C8H13NO. The first kappa shape index (κ1) is 7.45. The van der Waals surface area contributed by atoms with Crippen LogP contribution >= 0.6 is 0 Å². The van der Waals surface area contributed by atoms with E-state index in [0.717, 1.165) is 12.8 Å². The molecule has 0 aromatic heterocycles. The topological polar surface area (TPSA) is 29.4 Å². The Morgan fingerprint density at radius 2 is 1.90 bits per heavy atom. The van der Waals surface area contributed by atoms with Crippen molar-refractivity contribution in [2.75, 3.05) is 0 Å². The van der Waals surface area contributed by atoms with Gasteiger partial charge in [0.25, 0.3) is 0 Å². The molecule has 0 heterocycles. The van der Waals surface area contributed by atoms with Gasteiger partial charge in [-0.1, -0.05) is 25.8 Å². The second kappa shape index (κ2) is 3.49. The fraction of sp³-hybridized carbons (Fsp3) is 0.750. The Morgan fingerprint density at radius 1 is 1.30 bits per heavy atom. The van der Waals surface area contributed by atoms with Crippen molar-refractivity contribution in [3.05, 3.63) is 17.2 Å². The molecule has 0 radical (unpaired) electrons. The second-order valence-corrected chi connectivity index (χ2v) is 2.92. The van der Waals surface area contributed by atoms with Crippen molar-refractivity contribution in [1.29, 1.82) is 0 Å². The molecule has 0 amide bonds. The van der Waals surface area contributed by atoms with E-state index in [2.05, 4.69) is 11.8 Å². The number of hydrogen-bond acceptors (Lipinski definition) is 2. The molecule has 1 saturated carbocycles. The molecule has 2 nitrogen and oxygen atoms in total. The van der Waals surface area contributed by atoms with Gasteiger partial charge in [0.05, 0.1) is 5.70 Å². The van der Waals surface area contributed by atoms with Crippen LogP contribution in [0, 0.1) is 10.8 Å². The average Bonchev–Trinajstić information content (AvgIpc) is 2.05. The van der Waals surface area contributed by atoms with Crippen molar-refractivity contribution < 1.29 is 0 Å². The van der Waals surface area contributed by atoms with Crippen LogP contribution in [0.1, 0.15) is 32.1 Å². The summed E-state index contributed by atoms with van der Waals surface area (Å²) in [5, 5.41) is 2.87. The lowest BCUT2D eigenvalue weighted by Crippen LogP contribution is -2.06. The molecule has 1 fully saturated rings. The SMILES string of the molecule is C=C(N=O)C1CCCCC1. The summed E-state index contributed by atoms with van der Waals surface area (Å²) in [7, 11) is 0. The highest BCUT2D eigenvalue weighted by atomic mass is 16.3. The van der Waals surface area contributed by atoms with Crippen LogP contribution in [0.15, 0.2) is 17.5 Å². The highest BCUT2D eigenvalue weighted by Gasteiger charge is 2.16. The van der Waals surface area contributed by atoms with Crippen LogP contribution in [0.25, 0.3) is 0 Å². The van der Waals surface area contributed by atoms with Gasteiger partial charge < -0.3 is 0 Å². The van der Waals surface area contributed by atoms with Gasteiger partial charge in [0.2, 0.25) is 0 Å². The molecular weight excluding hydrogens is 126 g/mol. The molecule has 2 heteroatoms. The summed E-state index contributed by atoms with van der Waals surface area (Å²) in [6.07, 6.45) is 6.01. The van der Waals surface area contributed by atoms with Gasteiger partial charge in [0.1, 0.15) is 0 Å². The normalized spacial score (nSPS) is 20.4. The van der Waals surface area contributed by atoms with Crippen molar-refractivity contribution in [3.63, 3.8) is 0 Å². The molecule has 1 aliphatic carbocycles. The van der Waals surface area contributed by atoms with E-state index in [0.29, 0.717) is 11.6 Å². The predicted octanol–water partition coefficient (Wildman–Crippen LogP) is 2.85. The lowest BCUT2D eigenvalue weighted by Gasteiger charge is -2.19. The summed E-state index contributed by atoms with van der Waals surface area (Å²) >= 11 is 0. The van der Waals surface area contributed by atoms with Crippen LogP contribution in [0.2, 0.25) is 0 Å². The molecule has 10 heavy (non-hydrogen) atoms. The van der Waals surface area contributed by atoms with Crippen molar-refractivity contribution in [2.24, 2.45) is 11.1 Å². The molecule has 0 bridgehead atoms. The van der Waals surface area contributed by atoms with Gasteiger partial charge >= 0.3 is 0 Å². The van der Waals surface area contributed by atoms with Crippen LogP contribution in [0.5, 0.6) is 0 Å². The molecule has 0 spiro atoms. The molecule has 0 aliphatic heterocycles. The van der Waals surface area contributed by atoms with Crippen LogP contribution in [-0.2, 0) is 0 Å². The molecule has 56 valence electrons. The summed E-state index contributed by atoms with van der Waals surface area (Å²) in [6, 6.07) is 0. The Kier molecular flexibility index (Phi) is 2.60. The molecule has 1 aliphatic rings. The van der Waals surface area contributed by atoms with Crippen molar-refractivity contribution in [1.82, 2.24) is 0 Å². The van der Waals surface area contributed by atoms with Gasteiger partial charge in [-0.05, 0) is 18.0 Å². The Bertz CT molecular complexity index is 136. The van der Waals surface area contributed by atoms with Gasteiger partial charge in [0, 0.05) is 5.92 Å². The number of nitrogens with zero attached hydrogens (tertiary/aromatic N) is 1. The van der Waals surface area contributed by atoms with E-state index in [4.69, 9.17) is 0 Å². The Morgan fingerprint density at radius 3 is 2.40 bits per heavy atom. The number of hydrogen-bond donors (Lipinski definition) is 0. The first-order valence-corrected chi connectivity index (χ1v) is 3.86. The maximum Gasteiger partial charge on any atom is 0.0808 e. The van der Waals surface area contributed by atoms with Gasteiger partial charge in [-0.2, -0.15) is 0 Å². The molecule has 0 atom stereocenters. The Balaban J connectivity index is 2.38. The van der Waals surface area contributed by atoms with E-state index in [1.165, 1.54) is 19.3 Å². The zero-order chi connectivity index (χ0) is 7.40. The molecule has 0 unspecified atom stereocenters. The van der Waals surface area contributed by atoms with E-state index in [1.807, 2.05) is 0 Å². The van der Waals surface area contributed by atoms with Gasteiger partial charge in [-0.25, -0.2) is 0 Å². The molecule has 0 aromatic rings. The summed E-state index contributed by atoms with van der Waals surface area (Å²) in [6.45, 7) is 3.62. The van der Waals surface area contributed by atoms with Crippen LogP contribution in [0.3, 0.4) is 0 Å². The van der Waals surface area contributed by atoms with Crippen molar-refractivity contribution in [2.45, 2.75) is 32.1 Å². The quantitative estimate of drug-likeness (QED) is 0.541. The van der Waals surface area contributed by atoms with Crippen LogP contribution < -0.4 is 0 Å². The van der Waals surface area contributed by atoms with E-state index >= 15 is 0 Å². The van der Waals surface area contributed by atoms with Crippen molar-refractivity contribution in [3.8, 4) is 0 Å². The van der Waals surface area contributed by atoms with E-state index < -0.39 is 0 Å². The fourth-order valence-electron chi connectivity index (χ4n) is 1.51. The van der Waals surface area contributed by atoms with E-state index in [9.17, 15) is 4.91 Å². The molecule has 0 aromatic carbocycles. The zero-order valence-corrected chi connectivity index (χ0v) is 6.18.